The molecule has 4 nitrogen and oxygen atoms in total. The highest BCUT2D eigenvalue weighted by molar-refractivity contribution is 5.76. The van der Waals surface area contributed by atoms with E-state index in [1.165, 1.54) is 19.4 Å². The van der Waals surface area contributed by atoms with Crippen LogP contribution < -0.4 is 11.1 Å². The molecule has 2 rings (SSSR count). The minimum absolute atomic E-state index is 0.215. The van der Waals surface area contributed by atoms with Crippen molar-refractivity contribution in [3.63, 3.8) is 0 Å². The van der Waals surface area contributed by atoms with Crippen molar-refractivity contribution in [1.82, 2.24) is 10.2 Å². The molecular weight excluding hydrogens is 226 g/mol. The Morgan fingerprint density at radius 3 is 3.06 bits per heavy atom. The second-order valence-electron chi connectivity index (χ2n) is 6.00. The van der Waals surface area contributed by atoms with Crippen LogP contribution in [0.1, 0.15) is 45.4 Å². The van der Waals surface area contributed by atoms with Crippen LogP contribution in [0.5, 0.6) is 0 Å². The van der Waals surface area contributed by atoms with Crippen LogP contribution in [0.2, 0.25) is 0 Å². The number of carbonyl (C=O) groups excluding carboxylic acids is 1. The molecule has 2 aliphatic rings. The summed E-state index contributed by atoms with van der Waals surface area (Å²) in [5.74, 6) is 0.666. The fourth-order valence-electron chi connectivity index (χ4n) is 3.15. The van der Waals surface area contributed by atoms with Crippen molar-refractivity contribution in [1.29, 1.82) is 0 Å². The number of hydrogen-bond donors (Lipinski definition) is 2. The van der Waals surface area contributed by atoms with Crippen LogP contribution >= 0.6 is 0 Å². The van der Waals surface area contributed by atoms with E-state index < -0.39 is 0 Å². The Labute approximate surface area is 110 Å². The number of rotatable bonds is 5. The van der Waals surface area contributed by atoms with E-state index in [0.29, 0.717) is 24.9 Å². The first-order valence-electron chi connectivity index (χ1n) is 7.42. The second-order valence-corrected chi connectivity index (χ2v) is 6.00. The molecule has 1 amide bonds. The molecule has 3 N–H and O–H groups in total. The Morgan fingerprint density at radius 1 is 1.44 bits per heavy atom. The van der Waals surface area contributed by atoms with Crippen molar-refractivity contribution in [3.05, 3.63) is 0 Å². The number of amides is 1. The van der Waals surface area contributed by atoms with E-state index in [1.54, 1.807) is 0 Å². The predicted octanol–water partition coefficient (Wildman–Crippen LogP) is 1.10. The van der Waals surface area contributed by atoms with E-state index in [9.17, 15) is 4.79 Å². The SMILES string of the molecule is CC(CN)CCC(=O)NC1CCN2CCCC2C1. The van der Waals surface area contributed by atoms with Gasteiger partial charge in [0.2, 0.25) is 5.91 Å². The maximum atomic E-state index is 11.9. The van der Waals surface area contributed by atoms with Crippen LogP contribution in [0.15, 0.2) is 0 Å². The van der Waals surface area contributed by atoms with Gasteiger partial charge in [-0.3, -0.25) is 4.79 Å². The Bertz CT molecular complexity index is 282. The van der Waals surface area contributed by atoms with E-state index in [2.05, 4.69) is 17.1 Å². The quantitative estimate of drug-likeness (QED) is 0.771. The summed E-state index contributed by atoms with van der Waals surface area (Å²) in [4.78, 5) is 14.4. The van der Waals surface area contributed by atoms with E-state index in [-0.39, 0.29) is 5.91 Å². The zero-order valence-corrected chi connectivity index (χ0v) is 11.5. The Balaban J connectivity index is 1.68. The highest BCUT2D eigenvalue weighted by Crippen LogP contribution is 2.26. The molecule has 3 atom stereocenters. The normalized spacial score (nSPS) is 29.9. The van der Waals surface area contributed by atoms with Gasteiger partial charge in [0.25, 0.3) is 0 Å². The second kappa shape index (κ2) is 6.53. The van der Waals surface area contributed by atoms with Crippen LogP contribution in [-0.2, 0) is 4.79 Å². The van der Waals surface area contributed by atoms with Crippen molar-refractivity contribution < 1.29 is 4.79 Å². The van der Waals surface area contributed by atoms with Crippen molar-refractivity contribution in [2.24, 2.45) is 11.7 Å². The first-order chi connectivity index (χ1) is 8.69. The molecule has 2 aliphatic heterocycles. The molecule has 104 valence electrons. The molecule has 18 heavy (non-hydrogen) atoms. The summed E-state index contributed by atoms with van der Waals surface area (Å²) in [6, 6.07) is 1.14. The molecule has 0 radical (unpaired) electrons. The van der Waals surface area contributed by atoms with Crippen molar-refractivity contribution in [2.45, 2.75) is 57.5 Å². The minimum Gasteiger partial charge on any atom is -0.353 e. The van der Waals surface area contributed by atoms with Crippen LogP contribution in [0, 0.1) is 5.92 Å². The van der Waals surface area contributed by atoms with Gasteiger partial charge in [-0.05, 0) is 51.1 Å². The molecule has 2 saturated heterocycles. The lowest BCUT2D eigenvalue weighted by Crippen LogP contribution is -2.47. The third-order valence-electron chi connectivity index (χ3n) is 4.45. The van der Waals surface area contributed by atoms with Gasteiger partial charge in [0.1, 0.15) is 0 Å². The highest BCUT2D eigenvalue weighted by Gasteiger charge is 2.32. The van der Waals surface area contributed by atoms with Crippen molar-refractivity contribution in [3.8, 4) is 0 Å². The molecule has 0 aromatic carbocycles. The average Bonchev–Trinajstić information content (AvgIpc) is 2.83. The van der Waals surface area contributed by atoms with Crippen LogP contribution in [0.4, 0.5) is 0 Å². The van der Waals surface area contributed by atoms with E-state index >= 15 is 0 Å². The molecule has 2 heterocycles. The molecule has 3 unspecified atom stereocenters. The fourth-order valence-corrected chi connectivity index (χ4v) is 3.15. The summed E-state index contributed by atoms with van der Waals surface area (Å²) < 4.78 is 0. The van der Waals surface area contributed by atoms with Gasteiger partial charge in [0, 0.05) is 25.0 Å². The van der Waals surface area contributed by atoms with Gasteiger partial charge in [-0.1, -0.05) is 6.92 Å². The number of fused-ring (bicyclic) bond motifs is 1. The van der Waals surface area contributed by atoms with Gasteiger partial charge in [-0.25, -0.2) is 0 Å². The molecule has 2 fully saturated rings. The smallest absolute Gasteiger partial charge is 0.220 e. The zero-order chi connectivity index (χ0) is 13.0. The van der Waals surface area contributed by atoms with Crippen molar-refractivity contribution >= 4 is 5.91 Å². The minimum atomic E-state index is 0.215. The van der Waals surface area contributed by atoms with Gasteiger partial charge in [-0.2, -0.15) is 0 Å². The van der Waals surface area contributed by atoms with Crippen LogP contribution in [-0.4, -0.2) is 42.5 Å². The number of hydrogen-bond acceptors (Lipinski definition) is 3. The average molecular weight is 253 g/mol. The molecule has 0 aromatic heterocycles. The highest BCUT2D eigenvalue weighted by atomic mass is 16.1. The van der Waals surface area contributed by atoms with Gasteiger partial charge in [0.15, 0.2) is 0 Å². The number of nitrogens with one attached hydrogen (secondary N) is 1. The third-order valence-corrected chi connectivity index (χ3v) is 4.45. The maximum Gasteiger partial charge on any atom is 0.220 e. The van der Waals surface area contributed by atoms with E-state index in [0.717, 1.165) is 31.8 Å². The monoisotopic (exact) mass is 253 g/mol. The van der Waals surface area contributed by atoms with Crippen LogP contribution in [0.3, 0.4) is 0 Å². The van der Waals surface area contributed by atoms with Gasteiger partial charge >= 0.3 is 0 Å². The number of carbonyl (C=O) groups is 1. The van der Waals surface area contributed by atoms with E-state index in [4.69, 9.17) is 5.73 Å². The maximum absolute atomic E-state index is 11.9. The van der Waals surface area contributed by atoms with Crippen LogP contribution in [0.25, 0.3) is 0 Å². The summed E-state index contributed by atoms with van der Waals surface area (Å²) in [6.45, 7) is 5.20. The lowest BCUT2D eigenvalue weighted by molar-refractivity contribution is -0.122. The van der Waals surface area contributed by atoms with Gasteiger partial charge in [0.05, 0.1) is 0 Å². The molecule has 4 heteroatoms. The number of nitrogens with two attached hydrogens (primary N) is 1. The van der Waals surface area contributed by atoms with E-state index in [1.807, 2.05) is 0 Å². The lowest BCUT2D eigenvalue weighted by Gasteiger charge is -2.35. The summed E-state index contributed by atoms with van der Waals surface area (Å²) >= 11 is 0. The summed E-state index contributed by atoms with van der Waals surface area (Å²) in [5.41, 5.74) is 5.56. The molecule has 0 bridgehead atoms. The molecule has 0 aliphatic carbocycles. The summed E-state index contributed by atoms with van der Waals surface area (Å²) in [6.07, 6.45) is 6.46. The largest absolute Gasteiger partial charge is 0.353 e. The lowest BCUT2D eigenvalue weighted by atomic mass is 9.97. The summed E-state index contributed by atoms with van der Waals surface area (Å²) in [7, 11) is 0. The third kappa shape index (κ3) is 3.69. The zero-order valence-electron chi connectivity index (χ0n) is 11.5. The Hall–Kier alpha value is -0.610. The molecule has 0 aromatic rings. The predicted molar refractivity (Wildman–Crippen MR) is 73.2 cm³/mol. The fraction of sp³-hybridized carbons (Fsp3) is 0.929. The standard InChI is InChI=1S/C14H27N3O/c1-11(10-15)4-5-14(18)16-12-6-8-17-7-2-3-13(17)9-12/h11-13H,2-10,15H2,1H3,(H,16,18). The topological polar surface area (TPSA) is 58.4 Å². The Morgan fingerprint density at radius 2 is 2.28 bits per heavy atom. The number of piperidine rings is 1. The van der Waals surface area contributed by atoms with Gasteiger partial charge in [-0.15, -0.1) is 0 Å². The van der Waals surface area contributed by atoms with Gasteiger partial charge < -0.3 is 16.0 Å². The first kappa shape index (κ1) is 13.8. The molecular formula is C14H27N3O. The Kier molecular flexibility index (Phi) is 5.01. The first-order valence-corrected chi connectivity index (χ1v) is 7.42. The molecule has 0 saturated carbocycles. The molecule has 0 spiro atoms. The summed E-state index contributed by atoms with van der Waals surface area (Å²) in [5, 5.41) is 3.20. The number of nitrogens with zero attached hydrogens (tertiary/aromatic N) is 1. The van der Waals surface area contributed by atoms with Crippen molar-refractivity contribution in [2.75, 3.05) is 19.6 Å².